The van der Waals surface area contributed by atoms with Crippen molar-refractivity contribution in [3.63, 3.8) is 0 Å². The Morgan fingerprint density at radius 1 is 1.12 bits per heavy atom. The molecule has 1 atom stereocenters. The van der Waals surface area contributed by atoms with Gasteiger partial charge in [-0.1, -0.05) is 31.4 Å². The summed E-state index contributed by atoms with van der Waals surface area (Å²) < 4.78 is 11.1. The number of pyridine rings is 1. The lowest BCUT2D eigenvalue weighted by molar-refractivity contribution is 0.102. The minimum atomic E-state index is -0.618. The normalized spacial score (nSPS) is 14.5. The lowest BCUT2D eigenvalue weighted by atomic mass is 9.96. The Morgan fingerprint density at radius 2 is 1.91 bits per heavy atom. The van der Waals surface area contributed by atoms with E-state index in [1.165, 1.54) is 6.42 Å². The second kappa shape index (κ2) is 12.9. The summed E-state index contributed by atoms with van der Waals surface area (Å²) in [7, 11) is 0. The van der Waals surface area contributed by atoms with E-state index in [2.05, 4.69) is 36.9 Å². The van der Waals surface area contributed by atoms with E-state index in [4.69, 9.17) is 9.47 Å². The molecule has 3 amide bonds. The van der Waals surface area contributed by atoms with Crippen LogP contribution in [0.4, 0.5) is 15.3 Å². The number of ether oxygens (including phenoxy) is 2. The summed E-state index contributed by atoms with van der Waals surface area (Å²) in [6.07, 6.45) is 5.34. The number of alkyl carbamates (subject to hydrolysis) is 2. The Balaban J connectivity index is 1.39. The molecule has 1 aromatic heterocycles. The zero-order chi connectivity index (χ0) is 24.3. The third kappa shape index (κ3) is 8.02. The van der Waals surface area contributed by atoms with Gasteiger partial charge in [-0.15, -0.1) is 0 Å². The lowest BCUT2D eigenvalue weighted by Crippen LogP contribution is -2.38. The molecule has 1 aliphatic rings. The first kappa shape index (κ1) is 25.5. The van der Waals surface area contributed by atoms with E-state index >= 15 is 0 Å². The highest BCUT2D eigenvalue weighted by molar-refractivity contribution is 9.10. The fourth-order valence-corrected chi connectivity index (χ4v) is 4.09. The largest absolute Gasteiger partial charge is 0.448 e. The highest BCUT2D eigenvalue weighted by Gasteiger charge is 2.17. The molecule has 3 N–H and O–H groups in total. The van der Waals surface area contributed by atoms with Gasteiger partial charge in [0.25, 0.3) is 5.91 Å². The highest BCUT2D eigenvalue weighted by Crippen LogP contribution is 2.28. The standard InChI is InChI=1S/C24H29BrN4O5/c1-16(34-23(31)27-13-14-33-24(32)28-18-7-3-2-4-8-18)17-10-11-20(19(25)15-17)29-22(30)21-9-5-6-12-26-21/h5-6,9-12,15-16,18H,2-4,7-8,13-14H2,1H3,(H,27,31)(H,28,32)(H,29,30). The van der Waals surface area contributed by atoms with Crippen LogP contribution in [-0.2, 0) is 9.47 Å². The van der Waals surface area contributed by atoms with Gasteiger partial charge in [-0.05, 0) is 65.5 Å². The molecule has 1 unspecified atom stereocenters. The maximum absolute atomic E-state index is 12.3. The van der Waals surface area contributed by atoms with Crippen molar-refractivity contribution in [2.45, 2.75) is 51.2 Å². The Kier molecular flexibility index (Phi) is 9.69. The number of carbonyl (C=O) groups is 3. The Labute approximate surface area is 207 Å². The molecule has 0 spiro atoms. The quantitative estimate of drug-likeness (QED) is 0.414. The van der Waals surface area contributed by atoms with Gasteiger partial charge in [-0.2, -0.15) is 0 Å². The van der Waals surface area contributed by atoms with Crippen LogP contribution in [-0.4, -0.2) is 42.3 Å². The molecule has 1 saturated carbocycles. The van der Waals surface area contributed by atoms with Gasteiger partial charge in [-0.3, -0.25) is 9.78 Å². The van der Waals surface area contributed by atoms with E-state index in [9.17, 15) is 14.4 Å². The van der Waals surface area contributed by atoms with Gasteiger partial charge in [-0.25, -0.2) is 9.59 Å². The van der Waals surface area contributed by atoms with Gasteiger partial charge in [0.2, 0.25) is 0 Å². The average Bonchev–Trinajstić information content (AvgIpc) is 2.84. The fourth-order valence-electron chi connectivity index (χ4n) is 3.59. The van der Waals surface area contributed by atoms with Crippen LogP contribution in [0.1, 0.15) is 61.2 Å². The number of rotatable bonds is 8. The van der Waals surface area contributed by atoms with Gasteiger partial charge >= 0.3 is 12.2 Å². The Bertz CT molecular complexity index is 983. The van der Waals surface area contributed by atoms with Crippen molar-refractivity contribution in [1.29, 1.82) is 0 Å². The van der Waals surface area contributed by atoms with E-state index in [0.29, 0.717) is 15.9 Å². The van der Waals surface area contributed by atoms with Crippen molar-refractivity contribution >= 4 is 39.7 Å². The zero-order valence-corrected chi connectivity index (χ0v) is 20.6. The number of hydrogen-bond acceptors (Lipinski definition) is 6. The molecule has 1 aromatic carbocycles. The van der Waals surface area contributed by atoms with Crippen LogP contribution in [0.5, 0.6) is 0 Å². The average molecular weight is 533 g/mol. The number of carbonyl (C=O) groups excluding carboxylic acids is 3. The number of benzene rings is 1. The van der Waals surface area contributed by atoms with Crippen LogP contribution in [0.3, 0.4) is 0 Å². The maximum atomic E-state index is 12.3. The van der Waals surface area contributed by atoms with Gasteiger partial charge in [0, 0.05) is 16.7 Å². The smallest absolute Gasteiger partial charge is 0.407 e. The van der Waals surface area contributed by atoms with Crippen LogP contribution in [0.25, 0.3) is 0 Å². The molecule has 0 aliphatic heterocycles. The number of hydrogen-bond donors (Lipinski definition) is 3. The predicted molar refractivity (Wildman–Crippen MR) is 131 cm³/mol. The monoisotopic (exact) mass is 532 g/mol. The van der Waals surface area contributed by atoms with Crippen LogP contribution in [0.15, 0.2) is 47.1 Å². The predicted octanol–water partition coefficient (Wildman–Crippen LogP) is 4.94. The topological polar surface area (TPSA) is 119 Å². The molecular formula is C24H29BrN4O5. The van der Waals surface area contributed by atoms with Gasteiger partial charge in [0.1, 0.15) is 18.4 Å². The summed E-state index contributed by atoms with van der Waals surface area (Å²) in [6, 6.07) is 10.5. The molecule has 0 radical (unpaired) electrons. The molecule has 2 aromatic rings. The van der Waals surface area contributed by atoms with E-state index < -0.39 is 18.3 Å². The first-order valence-corrected chi connectivity index (χ1v) is 12.1. The van der Waals surface area contributed by atoms with Crippen LogP contribution in [0, 0.1) is 0 Å². The van der Waals surface area contributed by atoms with Crippen molar-refractivity contribution in [2.24, 2.45) is 0 Å². The first-order valence-electron chi connectivity index (χ1n) is 11.3. The molecule has 3 rings (SSSR count). The molecule has 1 fully saturated rings. The van der Waals surface area contributed by atoms with E-state index in [1.54, 1.807) is 49.5 Å². The molecule has 1 heterocycles. The zero-order valence-electron chi connectivity index (χ0n) is 19.0. The molecule has 0 saturated heterocycles. The van der Waals surface area contributed by atoms with Gasteiger partial charge in [0.05, 0.1) is 12.2 Å². The highest BCUT2D eigenvalue weighted by atomic mass is 79.9. The summed E-state index contributed by atoms with van der Waals surface area (Å²) in [6.45, 7) is 1.94. The summed E-state index contributed by atoms with van der Waals surface area (Å²) >= 11 is 3.44. The summed E-state index contributed by atoms with van der Waals surface area (Å²) in [5.74, 6) is -0.327. The number of nitrogens with one attached hydrogen (secondary N) is 3. The second-order valence-corrected chi connectivity index (χ2v) is 8.85. The van der Waals surface area contributed by atoms with Crippen molar-refractivity contribution in [3.8, 4) is 0 Å². The van der Waals surface area contributed by atoms with Crippen molar-refractivity contribution < 1.29 is 23.9 Å². The van der Waals surface area contributed by atoms with Gasteiger partial charge < -0.3 is 25.4 Å². The molecule has 1 aliphatic carbocycles. The number of aromatic nitrogens is 1. The molecule has 10 heteroatoms. The number of anilines is 1. The molecule has 182 valence electrons. The summed E-state index contributed by atoms with van der Waals surface area (Å²) in [5.41, 5.74) is 1.61. The summed E-state index contributed by atoms with van der Waals surface area (Å²) in [4.78, 5) is 40.2. The number of halogens is 1. The molecule has 34 heavy (non-hydrogen) atoms. The van der Waals surface area contributed by atoms with Crippen LogP contribution >= 0.6 is 15.9 Å². The number of amides is 3. The van der Waals surface area contributed by atoms with E-state index in [1.807, 2.05) is 0 Å². The third-order valence-electron chi connectivity index (χ3n) is 5.42. The SMILES string of the molecule is CC(OC(=O)NCCOC(=O)NC1CCCCC1)c1ccc(NC(=O)c2ccccn2)c(Br)c1. The minimum Gasteiger partial charge on any atom is -0.448 e. The first-order chi connectivity index (χ1) is 16.4. The van der Waals surface area contributed by atoms with Gasteiger partial charge in [0.15, 0.2) is 0 Å². The maximum Gasteiger partial charge on any atom is 0.407 e. The second-order valence-electron chi connectivity index (χ2n) is 8.00. The van der Waals surface area contributed by atoms with Crippen molar-refractivity contribution in [2.75, 3.05) is 18.5 Å². The molecular weight excluding hydrogens is 504 g/mol. The van der Waals surface area contributed by atoms with Crippen molar-refractivity contribution in [3.05, 3.63) is 58.3 Å². The number of nitrogens with zero attached hydrogens (tertiary/aromatic N) is 1. The van der Waals surface area contributed by atoms with Crippen molar-refractivity contribution in [1.82, 2.24) is 15.6 Å². The minimum absolute atomic E-state index is 0.0538. The molecule has 0 bridgehead atoms. The third-order valence-corrected chi connectivity index (χ3v) is 6.08. The van der Waals surface area contributed by atoms with Crippen LogP contribution in [0.2, 0.25) is 0 Å². The van der Waals surface area contributed by atoms with Crippen LogP contribution < -0.4 is 16.0 Å². The fraction of sp³-hybridized carbons (Fsp3) is 0.417. The Hall–Kier alpha value is -3.14. The van der Waals surface area contributed by atoms with E-state index in [0.717, 1.165) is 31.2 Å². The van der Waals surface area contributed by atoms with E-state index in [-0.39, 0.29) is 25.1 Å². The summed E-state index contributed by atoms with van der Waals surface area (Å²) in [5, 5.41) is 8.21. The molecule has 9 nitrogen and oxygen atoms in total. The lowest BCUT2D eigenvalue weighted by Gasteiger charge is -2.22. The Morgan fingerprint density at radius 3 is 2.62 bits per heavy atom.